The molecule has 0 spiro atoms. The molecule has 0 aliphatic carbocycles. The zero-order chi connectivity index (χ0) is 13.3. The van der Waals surface area contributed by atoms with Crippen LogP contribution < -0.4 is 5.32 Å². The third-order valence-electron chi connectivity index (χ3n) is 3.70. The first-order valence-electron chi connectivity index (χ1n) is 6.21. The number of aromatic nitrogens is 2. The number of nitrogens with zero attached hydrogens (tertiary/aromatic N) is 2. The molecule has 0 bridgehead atoms. The Bertz CT molecular complexity index is 459. The second-order valence-corrected chi connectivity index (χ2v) is 5.38. The highest BCUT2D eigenvalue weighted by Crippen LogP contribution is 2.25. The summed E-state index contributed by atoms with van der Waals surface area (Å²) in [6.07, 6.45) is 1.69. The number of carbonyl (C=O) groups is 1. The van der Waals surface area contributed by atoms with Crippen LogP contribution in [0, 0.1) is 0 Å². The summed E-state index contributed by atoms with van der Waals surface area (Å²) in [6.45, 7) is 5.51. The first-order chi connectivity index (χ1) is 8.50. The topological polar surface area (TPSA) is 61.0 Å². The lowest BCUT2D eigenvalue weighted by Gasteiger charge is -2.23. The number of nitrogens with one attached hydrogen (secondary N) is 2. The maximum Gasteiger partial charge on any atom is 0.275 e. The molecule has 6 heteroatoms. The van der Waals surface area contributed by atoms with E-state index in [1.807, 2.05) is 14.0 Å². The smallest absolute Gasteiger partial charge is 0.275 e. The normalized spacial score (nSPS) is 23.7. The van der Waals surface area contributed by atoms with Crippen LogP contribution in [0.15, 0.2) is 0 Å². The summed E-state index contributed by atoms with van der Waals surface area (Å²) in [5.74, 6) is -0.0880. The van der Waals surface area contributed by atoms with Crippen LogP contribution in [0.3, 0.4) is 0 Å². The van der Waals surface area contributed by atoms with Crippen LogP contribution in [0.1, 0.15) is 36.5 Å². The van der Waals surface area contributed by atoms with Crippen molar-refractivity contribution in [3.63, 3.8) is 0 Å². The Kier molecular flexibility index (Phi) is 3.64. The second-order valence-electron chi connectivity index (χ2n) is 5.01. The van der Waals surface area contributed by atoms with E-state index in [1.165, 1.54) is 0 Å². The lowest BCUT2D eigenvalue weighted by molar-refractivity contribution is 0.0777. The molecule has 2 rings (SSSR count). The van der Waals surface area contributed by atoms with Crippen molar-refractivity contribution in [2.75, 3.05) is 20.1 Å². The molecule has 1 amide bonds. The van der Waals surface area contributed by atoms with Crippen molar-refractivity contribution in [2.45, 2.75) is 32.2 Å². The van der Waals surface area contributed by atoms with Crippen molar-refractivity contribution >= 4 is 17.5 Å². The molecule has 18 heavy (non-hydrogen) atoms. The van der Waals surface area contributed by atoms with Crippen molar-refractivity contribution in [3.8, 4) is 0 Å². The minimum absolute atomic E-state index is 0.00791. The molecule has 1 aliphatic rings. The van der Waals surface area contributed by atoms with E-state index in [0.29, 0.717) is 17.3 Å². The predicted molar refractivity (Wildman–Crippen MR) is 71.0 cm³/mol. The Morgan fingerprint density at radius 3 is 2.89 bits per heavy atom. The zero-order valence-electron chi connectivity index (χ0n) is 11.0. The number of H-pyrrole nitrogens is 1. The quantitative estimate of drug-likeness (QED) is 0.874. The molecule has 1 aromatic heterocycles. The van der Waals surface area contributed by atoms with Crippen molar-refractivity contribution < 1.29 is 4.79 Å². The number of likely N-dealkylation sites (N-methyl/N-ethyl adjacent to an activating group) is 1. The van der Waals surface area contributed by atoms with Crippen LogP contribution in [0.4, 0.5) is 0 Å². The standard InChI is InChI=1S/C12H19ClN4O/c1-4-8-9(13)10(16-15-8)11(18)17-6-5-12(2,7-17)14-3/h14H,4-7H2,1-3H3,(H,15,16). The van der Waals surface area contributed by atoms with Crippen molar-refractivity contribution in [2.24, 2.45) is 0 Å². The van der Waals surface area contributed by atoms with E-state index < -0.39 is 0 Å². The molecule has 1 aromatic rings. The fourth-order valence-electron chi connectivity index (χ4n) is 2.23. The molecular weight excluding hydrogens is 252 g/mol. The molecule has 1 fully saturated rings. The molecule has 0 aromatic carbocycles. The third kappa shape index (κ3) is 2.24. The van der Waals surface area contributed by atoms with Gasteiger partial charge in [0.15, 0.2) is 5.69 Å². The minimum atomic E-state index is -0.0880. The number of aromatic amines is 1. The number of rotatable bonds is 3. The molecule has 2 N–H and O–H groups in total. The first kappa shape index (κ1) is 13.4. The molecule has 1 aliphatic heterocycles. The summed E-state index contributed by atoms with van der Waals surface area (Å²) >= 11 is 6.15. The average Bonchev–Trinajstić information content (AvgIpc) is 2.93. The Labute approximate surface area is 112 Å². The maximum absolute atomic E-state index is 12.3. The van der Waals surface area contributed by atoms with Gasteiger partial charge in [0.25, 0.3) is 5.91 Å². The lowest BCUT2D eigenvalue weighted by Crippen LogP contribution is -2.43. The van der Waals surface area contributed by atoms with Crippen LogP contribution >= 0.6 is 11.6 Å². The van der Waals surface area contributed by atoms with Gasteiger partial charge in [0, 0.05) is 18.6 Å². The fraction of sp³-hybridized carbons (Fsp3) is 0.667. The summed E-state index contributed by atoms with van der Waals surface area (Å²) < 4.78 is 0. The van der Waals surface area contributed by atoms with Gasteiger partial charge in [-0.1, -0.05) is 18.5 Å². The average molecular weight is 271 g/mol. The molecular formula is C12H19ClN4O. The van der Waals surface area contributed by atoms with Crippen LogP contribution in [0.5, 0.6) is 0 Å². The number of aryl methyl sites for hydroxylation is 1. The van der Waals surface area contributed by atoms with E-state index in [4.69, 9.17) is 11.6 Å². The molecule has 5 nitrogen and oxygen atoms in total. The van der Waals surface area contributed by atoms with Gasteiger partial charge in [-0.3, -0.25) is 9.89 Å². The van der Waals surface area contributed by atoms with Gasteiger partial charge in [0.1, 0.15) is 0 Å². The number of amides is 1. The van der Waals surface area contributed by atoms with Crippen LogP contribution in [-0.4, -0.2) is 46.7 Å². The summed E-state index contributed by atoms with van der Waals surface area (Å²) in [7, 11) is 1.92. The van der Waals surface area contributed by atoms with E-state index in [-0.39, 0.29) is 11.4 Å². The molecule has 1 unspecified atom stereocenters. The Morgan fingerprint density at radius 1 is 1.67 bits per heavy atom. The highest BCUT2D eigenvalue weighted by molar-refractivity contribution is 6.34. The highest BCUT2D eigenvalue weighted by atomic mass is 35.5. The van der Waals surface area contributed by atoms with Crippen LogP contribution in [0.25, 0.3) is 0 Å². The van der Waals surface area contributed by atoms with E-state index in [0.717, 1.165) is 25.1 Å². The van der Waals surface area contributed by atoms with E-state index in [1.54, 1.807) is 4.90 Å². The van der Waals surface area contributed by atoms with Gasteiger partial charge in [0.2, 0.25) is 0 Å². The molecule has 100 valence electrons. The molecule has 0 saturated carbocycles. The largest absolute Gasteiger partial charge is 0.335 e. The monoisotopic (exact) mass is 270 g/mol. The zero-order valence-corrected chi connectivity index (χ0v) is 11.8. The maximum atomic E-state index is 12.3. The molecule has 1 saturated heterocycles. The molecule has 0 radical (unpaired) electrons. The number of hydrogen-bond donors (Lipinski definition) is 2. The first-order valence-corrected chi connectivity index (χ1v) is 6.59. The summed E-state index contributed by atoms with van der Waals surface area (Å²) in [4.78, 5) is 14.1. The number of likely N-dealkylation sites (tertiary alicyclic amines) is 1. The summed E-state index contributed by atoms with van der Waals surface area (Å²) in [6, 6.07) is 0. The van der Waals surface area contributed by atoms with Gasteiger partial charge in [-0.2, -0.15) is 5.10 Å². The number of halogens is 1. The van der Waals surface area contributed by atoms with Crippen molar-refractivity contribution in [1.82, 2.24) is 20.4 Å². The summed E-state index contributed by atoms with van der Waals surface area (Å²) in [5, 5.41) is 10.6. The van der Waals surface area contributed by atoms with Gasteiger partial charge < -0.3 is 10.2 Å². The van der Waals surface area contributed by atoms with E-state index >= 15 is 0 Å². The molecule has 1 atom stereocenters. The van der Waals surface area contributed by atoms with Crippen LogP contribution in [0.2, 0.25) is 5.02 Å². The number of hydrogen-bond acceptors (Lipinski definition) is 3. The SMILES string of the molecule is CCc1[nH]nc(C(=O)N2CCC(C)(NC)C2)c1Cl. The van der Waals surface area contributed by atoms with Gasteiger partial charge in [-0.25, -0.2) is 0 Å². The van der Waals surface area contributed by atoms with E-state index in [2.05, 4.69) is 22.4 Å². The van der Waals surface area contributed by atoms with Crippen molar-refractivity contribution in [3.05, 3.63) is 16.4 Å². The third-order valence-corrected chi connectivity index (χ3v) is 4.10. The second kappa shape index (κ2) is 4.90. The molecule has 2 heterocycles. The minimum Gasteiger partial charge on any atom is -0.335 e. The fourth-order valence-corrected chi connectivity index (χ4v) is 2.53. The summed E-state index contributed by atoms with van der Waals surface area (Å²) in [5.41, 5.74) is 1.15. The van der Waals surface area contributed by atoms with Crippen molar-refractivity contribution in [1.29, 1.82) is 0 Å². The van der Waals surface area contributed by atoms with Gasteiger partial charge in [-0.05, 0) is 26.8 Å². The highest BCUT2D eigenvalue weighted by Gasteiger charge is 2.36. The van der Waals surface area contributed by atoms with E-state index in [9.17, 15) is 4.79 Å². The Morgan fingerprint density at radius 2 is 2.39 bits per heavy atom. The Balaban J connectivity index is 2.15. The number of carbonyl (C=O) groups excluding carboxylic acids is 1. The van der Waals surface area contributed by atoms with Gasteiger partial charge in [-0.15, -0.1) is 0 Å². The van der Waals surface area contributed by atoms with Gasteiger partial charge in [0.05, 0.1) is 10.7 Å². The lowest BCUT2D eigenvalue weighted by atomic mass is 10.0. The predicted octanol–water partition coefficient (Wildman–Crippen LogP) is 1.45. The van der Waals surface area contributed by atoms with Gasteiger partial charge >= 0.3 is 0 Å². The van der Waals surface area contributed by atoms with Crippen LogP contribution in [-0.2, 0) is 6.42 Å². The Hall–Kier alpha value is -1.07.